The van der Waals surface area contributed by atoms with Gasteiger partial charge >= 0.3 is 5.97 Å². The maximum absolute atomic E-state index is 13.4. The number of ether oxygens (including phenoxy) is 1. The highest BCUT2D eigenvalue weighted by molar-refractivity contribution is 7.91. The molecule has 0 spiro atoms. The van der Waals surface area contributed by atoms with Crippen molar-refractivity contribution in [3.8, 4) is 0 Å². The maximum Gasteiger partial charge on any atom is 0.338 e. The Morgan fingerprint density at radius 2 is 2.05 bits per heavy atom. The van der Waals surface area contributed by atoms with Crippen molar-refractivity contribution in [2.75, 3.05) is 23.8 Å². The standard InChI is InChI=1S/C12H16FNO4S/c1-3-19(16,17)5-4-18-12(15)9-6-10(13)8(2)11(14)7-9/h6-7H,3-5,14H2,1-2H3. The summed E-state index contributed by atoms with van der Waals surface area (Å²) >= 11 is 0. The Morgan fingerprint density at radius 1 is 1.42 bits per heavy atom. The number of carbonyl (C=O) groups excluding carboxylic acids is 1. The molecule has 0 saturated carbocycles. The average Bonchev–Trinajstić information content (AvgIpc) is 2.35. The Hall–Kier alpha value is -1.63. The van der Waals surface area contributed by atoms with Crippen LogP contribution in [-0.2, 0) is 14.6 Å². The van der Waals surface area contributed by atoms with Gasteiger partial charge in [-0.3, -0.25) is 0 Å². The summed E-state index contributed by atoms with van der Waals surface area (Å²) in [4.78, 5) is 11.6. The van der Waals surface area contributed by atoms with Crippen molar-refractivity contribution in [1.29, 1.82) is 0 Å². The normalized spacial score (nSPS) is 11.3. The zero-order valence-electron chi connectivity index (χ0n) is 10.8. The first-order valence-electron chi connectivity index (χ1n) is 5.70. The van der Waals surface area contributed by atoms with E-state index in [0.29, 0.717) is 0 Å². The van der Waals surface area contributed by atoms with Gasteiger partial charge in [0, 0.05) is 17.0 Å². The number of nitrogens with two attached hydrogens (primary N) is 1. The largest absolute Gasteiger partial charge is 0.461 e. The topological polar surface area (TPSA) is 86.5 Å². The number of nitrogen functional groups attached to an aromatic ring is 1. The molecule has 0 amide bonds. The summed E-state index contributed by atoms with van der Waals surface area (Å²) in [6, 6.07) is 2.32. The summed E-state index contributed by atoms with van der Waals surface area (Å²) < 4.78 is 40.6. The molecule has 1 aromatic rings. The number of benzene rings is 1. The fraction of sp³-hybridized carbons (Fsp3) is 0.417. The van der Waals surface area contributed by atoms with Gasteiger partial charge in [-0.15, -0.1) is 0 Å². The van der Waals surface area contributed by atoms with Gasteiger partial charge in [-0.1, -0.05) is 6.92 Å². The van der Waals surface area contributed by atoms with E-state index in [2.05, 4.69) is 0 Å². The minimum Gasteiger partial charge on any atom is -0.461 e. The second-order valence-corrected chi connectivity index (χ2v) is 6.52. The number of sulfone groups is 1. The first-order chi connectivity index (χ1) is 8.76. The van der Waals surface area contributed by atoms with Crippen molar-refractivity contribution in [2.24, 2.45) is 0 Å². The SMILES string of the molecule is CCS(=O)(=O)CCOC(=O)c1cc(N)c(C)c(F)c1. The summed E-state index contributed by atoms with van der Waals surface area (Å²) in [7, 11) is -3.20. The molecule has 0 aliphatic carbocycles. The van der Waals surface area contributed by atoms with Gasteiger partial charge < -0.3 is 10.5 Å². The summed E-state index contributed by atoms with van der Waals surface area (Å²) in [6.45, 7) is 2.74. The molecule has 0 saturated heterocycles. The Kier molecular flexibility index (Phi) is 4.88. The molecule has 2 N–H and O–H groups in total. The Morgan fingerprint density at radius 3 is 2.58 bits per heavy atom. The van der Waals surface area contributed by atoms with Gasteiger partial charge in [0.1, 0.15) is 12.4 Å². The Labute approximate surface area is 111 Å². The van der Waals surface area contributed by atoms with Gasteiger partial charge in [-0.25, -0.2) is 17.6 Å². The van der Waals surface area contributed by atoms with Gasteiger partial charge in [0.25, 0.3) is 0 Å². The fourth-order valence-corrected chi connectivity index (χ4v) is 1.93. The quantitative estimate of drug-likeness (QED) is 0.652. The van der Waals surface area contributed by atoms with Crippen LogP contribution in [0.15, 0.2) is 12.1 Å². The van der Waals surface area contributed by atoms with Crippen LogP contribution in [0.4, 0.5) is 10.1 Å². The third-order valence-corrected chi connectivity index (χ3v) is 4.36. The highest BCUT2D eigenvalue weighted by Crippen LogP contribution is 2.18. The van der Waals surface area contributed by atoms with Crippen LogP contribution in [0.5, 0.6) is 0 Å². The van der Waals surface area contributed by atoms with Crippen LogP contribution in [0.25, 0.3) is 0 Å². The van der Waals surface area contributed by atoms with Gasteiger partial charge in [-0.2, -0.15) is 0 Å². The molecular formula is C12H16FNO4S. The number of hydrogen-bond acceptors (Lipinski definition) is 5. The molecule has 7 heteroatoms. The van der Waals surface area contributed by atoms with Gasteiger partial charge in [0.05, 0.1) is 11.3 Å². The Balaban J connectivity index is 2.70. The zero-order chi connectivity index (χ0) is 14.6. The zero-order valence-corrected chi connectivity index (χ0v) is 11.6. The van der Waals surface area contributed by atoms with E-state index in [1.165, 1.54) is 19.9 Å². The van der Waals surface area contributed by atoms with Crippen LogP contribution < -0.4 is 5.73 Å². The van der Waals surface area contributed by atoms with Crippen molar-refractivity contribution in [1.82, 2.24) is 0 Å². The first kappa shape index (κ1) is 15.4. The van der Waals surface area contributed by atoms with E-state index in [0.717, 1.165) is 6.07 Å². The lowest BCUT2D eigenvalue weighted by Gasteiger charge is -2.07. The molecule has 1 aromatic carbocycles. The van der Waals surface area contributed by atoms with Crippen molar-refractivity contribution < 1.29 is 22.3 Å². The van der Waals surface area contributed by atoms with Crippen LogP contribution in [0.2, 0.25) is 0 Å². The number of carbonyl (C=O) groups is 1. The van der Waals surface area contributed by atoms with E-state index in [9.17, 15) is 17.6 Å². The first-order valence-corrected chi connectivity index (χ1v) is 7.52. The number of rotatable bonds is 5. The molecule has 5 nitrogen and oxygen atoms in total. The van der Waals surface area contributed by atoms with Crippen LogP contribution >= 0.6 is 0 Å². The smallest absolute Gasteiger partial charge is 0.338 e. The molecule has 106 valence electrons. The minimum absolute atomic E-state index is 0.0172. The Bertz CT molecular complexity index is 560. The summed E-state index contributed by atoms with van der Waals surface area (Å²) in [5.41, 5.74) is 5.90. The average molecular weight is 289 g/mol. The van der Waals surface area contributed by atoms with Crippen LogP contribution in [0.1, 0.15) is 22.8 Å². The number of halogens is 1. The molecule has 0 bridgehead atoms. The van der Waals surface area contributed by atoms with Crippen LogP contribution in [0.3, 0.4) is 0 Å². The minimum atomic E-state index is -3.20. The van der Waals surface area contributed by atoms with E-state index < -0.39 is 21.6 Å². The molecule has 19 heavy (non-hydrogen) atoms. The number of anilines is 1. The lowest BCUT2D eigenvalue weighted by molar-refractivity contribution is 0.0528. The lowest BCUT2D eigenvalue weighted by atomic mass is 10.1. The second-order valence-electron chi connectivity index (χ2n) is 4.04. The molecule has 1 rings (SSSR count). The maximum atomic E-state index is 13.4. The molecule has 0 atom stereocenters. The lowest BCUT2D eigenvalue weighted by Crippen LogP contribution is -2.17. The van der Waals surface area contributed by atoms with E-state index in [1.807, 2.05) is 0 Å². The third kappa shape index (κ3) is 4.20. The highest BCUT2D eigenvalue weighted by Gasteiger charge is 2.14. The predicted molar refractivity (Wildman–Crippen MR) is 70.2 cm³/mol. The molecule has 0 aromatic heterocycles. The van der Waals surface area contributed by atoms with Crippen LogP contribution in [-0.4, -0.2) is 32.5 Å². The predicted octanol–water partition coefficient (Wildman–Crippen LogP) is 1.31. The van der Waals surface area contributed by atoms with E-state index >= 15 is 0 Å². The van der Waals surface area contributed by atoms with Gasteiger partial charge in [0.15, 0.2) is 9.84 Å². The number of esters is 1. The molecular weight excluding hydrogens is 273 g/mol. The van der Waals surface area contributed by atoms with Crippen molar-refractivity contribution in [3.63, 3.8) is 0 Å². The third-order valence-electron chi connectivity index (χ3n) is 2.69. The van der Waals surface area contributed by atoms with E-state index in [-0.39, 0.29) is 34.9 Å². The second kappa shape index (κ2) is 6.01. The monoisotopic (exact) mass is 289 g/mol. The summed E-state index contributed by atoms with van der Waals surface area (Å²) in [5.74, 6) is -1.67. The summed E-state index contributed by atoms with van der Waals surface area (Å²) in [5, 5.41) is 0. The molecule has 0 aliphatic rings. The fourth-order valence-electron chi connectivity index (χ4n) is 1.31. The van der Waals surface area contributed by atoms with Crippen molar-refractivity contribution in [2.45, 2.75) is 13.8 Å². The van der Waals surface area contributed by atoms with Gasteiger partial charge in [-0.05, 0) is 19.1 Å². The highest BCUT2D eigenvalue weighted by atomic mass is 32.2. The van der Waals surface area contributed by atoms with E-state index in [1.54, 1.807) is 0 Å². The molecule has 0 unspecified atom stereocenters. The van der Waals surface area contributed by atoms with Crippen molar-refractivity contribution >= 4 is 21.5 Å². The van der Waals surface area contributed by atoms with E-state index in [4.69, 9.17) is 10.5 Å². The molecule has 0 radical (unpaired) electrons. The molecule has 0 heterocycles. The summed E-state index contributed by atoms with van der Waals surface area (Å²) in [6.07, 6.45) is 0. The molecule has 0 aliphatic heterocycles. The molecule has 0 fully saturated rings. The number of hydrogen-bond donors (Lipinski definition) is 1. The van der Waals surface area contributed by atoms with Gasteiger partial charge in [0.2, 0.25) is 0 Å². The van der Waals surface area contributed by atoms with Crippen molar-refractivity contribution in [3.05, 3.63) is 29.1 Å². The van der Waals surface area contributed by atoms with Crippen LogP contribution in [0, 0.1) is 12.7 Å².